The highest BCUT2D eigenvalue weighted by Crippen LogP contribution is 2.21. The number of hydrogen-bond donors (Lipinski definition) is 1. The Balaban J connectivity index is 1.77. The number of likely N-dealkylation sites (tertiary alicyclic amines) is 1. The van der Waals surface area contributed by atoms with Crippen LogP contribution in [0.4, 0.5) is 0 Å². The lowest BCUT2D eigenvalue weighted by atomic mass is 9.93. The smallest absolute Gasteiger partial charge is 0.227 e. The Kier molecular flexibility index (Phi) is 5.44. The van der Waals surface area contributed by atoms with E-state index >= 15 is 0 Å². The Morgan fingerprint density at radius 2 is 1.81 bits per heavy atom. The Morgan fingerprint density at radius 1 is 1.24 bits per heavy atom. The van der Waals surface area contributed by atoms with Crippen molar-refractivity contribution in [1.82, 2.24) is 10.2 Å². The molecule has 1 aromatic carbocycles. The molecule has 1 amide bonds. The molecule has 21 heavy (non-hydrogen) atoms. The third-order valence-corrected chi connectivity index (χ3v) is 4.46. The molecule has 0 unspecified atom stereocenters. The first-order valence-corrected chi connectivity index (χ1v) is 8.43. The molecule has 0 atom stereocenters. The van der Waals surface area contributed by atoms with Gasteiger partial charge in [-0.2, -0.15) is 0 Å². The SMILES string of the molecule is CC(C)(C)C(=O)N1CCC(NCc2ccc(Br)cc2)CC1. The molecule has 4 heteroatoms. The summed E-state index contributed by atoms with van der Waals surface area (Å²) in [5.41, 5.74) is 1.03. The number of benzene rings is 1. The van der Waals surface area contributed by atoms with Crippen LogP contribution in [0.1, 0.15) is 39.2 Å². The van der Waals surface area contributed by atoms with Crippen molar-refractivity contribution in [2.75, 3.05) is 13.1 Å². The summed E-state index contributed by atoms with van der Waals surface area (Å²) in [4.78, 5) is 14.3. The van der Waals surface area contributed by atoms with E-state index in [2.05, 4.69) is 45.5 Å². The van der Waals surface area contributed by atoms with E-state index in [4.69, 9.17) is 0 Å². The topological polar surface area (TPSA) is 32.3 Å². The molecular formula is C17H25BrN2O. The Bertz CT molecular complexity index is 471. The van der Waals surface area contributed by atoms with Crippen molar-refractivity contribution in [1.29, 1.82) is 0 Å². The summed E-state index contributed by atoms with van der Waals surface area (Å²) in [5.74, 6) is 0.272. The second kappa shape index (κ2) is 6.93. The van der Waals surface area contributed by atoms with Gasteiger partial charge in [-0.25, -0.2) is 0 Å². The van der Waals surface area contributed by atoms with Crippen molar-refractivity contribution in [2.24, 2.45) is 5.41 Å². The number of nitrogens with one attached hydrogen (secondary N) is 1. The van der Waals surface area contributed by atoms with Crippen LogP contribution in [0.15, 0.2) is 28.7 Å². The van der Waals surface area contributed by atoms with Gasteiger partial charge < -0.3 is 10.2 Å². The summed E-state index contributed by atoms with van der Waals surface area (Å²) in [6.07, 6.45) is 2.08. The summed E-state index contributed by atoms with van der Waals surface area (Å²) in [7, 11) is 0. The number of amides is 1. The summed E-state index contributed by atoms with van der Waals surface area (Å²) in [6, 6.07) is 8.92. The average Bonchev–Trinajstić information content (AvgIpc) is 2.45. The lowest BCUT2D eigenvalue weighted by molar-refractivity contribution is -0.140. The predicted molar refractivity (Wildman–Crippen MR) is 90.0 cm³/mol. The van der Waals surface area contributed by atoms with Gasteiger partial charge in [0.15, 0.2) is 0 Å². The minimum atomic E-state index is -0.266. The molecule has 1 heterocycles. The highest BCUT2D eigenvalue weighted by atomic mass is 79.9. The van der Waals surface area contributed by atoms with Crippen molar-refractivity contribution in [3.05, 3.63) is 34.3 Å². The average molecular weight is 353 g/mol. The quantitative estimate of drug-likeness (QED) is 0.901. The lowest BCUT2D eigenvalue weighted by Crippen LogP contribution is -2.48. The second-order valence-electron chi connectivity index (χ2n) is 6.82. The lowest BCUT2D eigenvalue weighted by Gasteiger charge is -2.36. The maximum Gasteiger partial charge on any atom is 0.227 e. The fraction of sp³-hybridized carbons (Fsp3) is 0.588. The van der Waals surface area contributed by atoms with E-state index in [9.17, 15) is 4.79 Å². The number of nitrogens with zero attached hydrogens (tertiary/aromatic N) is 1. The van der Waals surface area contributed by atoms with E-state index < -0.39 is 0 Å². The second-order valence-corrected chi connectivity index (χ2v) is 7.74. The summed E-state index contributed by atoms with van der Waals surface area (Å²) >= 11 is 3.45. The van der Waals surface area contributed by atoms with Crippen LogP contribution < -0.4 is 5.32 Å². The summed E-state index contributed by atoms with van der Waals surface area (Å²) < 4.78 is 1.11. The minimum absolute atomic E-state index is 0.266. The molecule has 1 fully saturated rings. The number of carbonyl (C=O) groups is 1. The van der Waals surface area contributed by atoms with Crippen LogP contribution in [0.5, 0.6) is 0 Å². The molecule has 1 saturated heterocycles. The number of halogens is 1. The Hall–Kier alpha value is -0.870. The zero-order valence-corrected chi connectivity index (χ0v) is 14.7. The van der Waals surface area contributed by atoms with Crippen molar-refractivity contribution in [3.8, 4) is 0 Å². The molecule has 1 N–H and O–H groups in total. The van der Waals surface area contributed by atoms with Crippen molar-refractivity contribution in [3.63, 3.8) is 0 Å². The third-order valence-electron chi connectivity index (χ3n) is 3.93. The maximum atomic E-state index is 12.2. The van der Waals surface area contributed by atoms with Crippen LogP contribution in [0.25, 0.3) is 0 Å². The van der Waals surface area contributed by atoms with Crippen molar-refractivity contribution >= 4 is 21.8 Å². The van der Waals surface area contributed by atoms with Gasteiger partial charge in [0.2, 0.25) is 5.91 Å². The van der Waals surface area contributed by atoms with Gasteiger partial charge in [0.05, 0.1) is 0 Å². The summed E-state index contributed by atoms with van der Waals surface area (Å²) in [6.45, 7) is 8.61. The van der Waals surface area contributed by atoms with E-state index in [1.807, 2.05) is 25.7 Å². The highest BCUT2D eigenvalue weighted by Gasteiger charge is 2.30. The first-order chi connectivity index (χ1) is 9.86. The highest BCUT2D eigenvalue weighted by molar-refractivity contribution is 9.10. The maximum absolute atomic E-state index is 12.2. The van der Waals surface area contributed by atoms with E-state index in [1.165, 1.54) is 5.56 Å². The van der Waals surface area contributed by atoms with Crippen LogP contribution in [0.2, 0.25) is 0 Å². The number of rotatable bonds is 3. The van der Waals surface area contributed by atoms with E-state index in [1.54, 1.807) is 0 Å². The molecule has 0 saturated carbocycles. The standard InChI is InChI=1S/C17H25BrN2O/c1-17(2,3)16(21)20-10-8-15(9-11-20)19-12-13-4-6-14(18)7-5-13/h4-7,15,19H,8-12H2,1-3H3. The third kappa shape index (κ3) is 4.82. The molecule has 0 spiro atoms. The van der Waals surface area contributed by atoms with Crippen LogP contribution in [0.3, 0.4) is 0 Å². The number of hydrogen-bond acceptors (Lipinski definition) is 2. The van der Waals surface area contributed by atoms with Crippen LogP contribution in [0, 0.1) is 5.41 Å². The largest absolute Gasteiger partial charge is 0.342 e. The molecule has 116 valence electrons. The monoisotopic (exact) mass is 352 g/mol. The van der Waals surface area contributed by atoms with Crippen LogP contribution in [-0.2, 0) is 11.3 Å². The van der Waals surface area contributed by atoms with Gasteiger partial charge in [-0.15, -0.1) is 0 Å². The fourth-order valence-electron chi connectivity index (χ4n) is 2.63. The van der Waals surface area contributed by atoms with Crippen LogP contribution in [-0.4, -0.2) is 29.9 Å². The Morgan fingerprint density at radius 3 is 2.33 bits per heavy atom. The summed E-state index contributed by atoms with van der Waals surface area (Å²) in [5, 5.41) is 3.60. The molecule has 2 rings (SSSR count). The van der Waals surface area contributed by atoms with Crippen LogP contribution >= 0.6 is 15.9 Å². The van der Waals surface area contributed by atoms with E-state index in [0.29, 0.717) is 6.04 Å². The molecular weight excluding hydrogens is 328 g/mol. The first kappa shape index (κ1) is 16.5. The van der Waals surface area contributed by atoms with Gasteiger partial charge in [-0.1, -0.05) is 48.8 Å². The molecule has 0 radical (unpaired) electrons. The molecule has 0 aliphatic carbocycles. The predicted octanol–water partition coefficient (Wildman–Crippen LogP) is 3.58. The molecule has 1 aliphatic heterocycles. The molecule has 3 nitrogen and oxygen atoms in total. The Labute approximate surface area is 136 Å². The van der Waals surface area contributed by atoms with Gasteiger partial charge >= 0.3 is 0 Å². The van der Waals surface area contributed by atoms with Crippen molar-refractivity contribution < 1.29 is 4.79 Å². The molecule has 1 aliphatic rings. The molecule has 0 bridgehead atoms. The minimum Gasteiger partial charge on any atom is -0.342 e. The molecule has 0 aromatic heterocycles. The van der Waals surface area contributed by atoms with Gasteiger partial charge in [0.25, 0.3) is 0 Å². The first-order valence-electron chi connectivity index (χ1n) is 7.63. The van der Waals surface area contributed by atoms with Crippen molar-refractivity contribution in [2.45, 2.75) is 46.2 Å². The van der Waals surface area contributed by atoms with Gasteiger partial charge in [-0.3, -0.25) is 4.79 Å². The number of piperidine rings is 1. The number of carbonyl (C=O) groups excluding carboxylic acids is 1. The zero-order chi connectivity index (χ0) is 15.5. The fourth-order valence-corrected chi connectivity index (χ4v) is 2.89. The molecule has 1 aromatic rings. The van der Waals surface area contributed by atoms with Gasteiger partial charge in [0.1, 0.15) is 0 Å². The van der Waals surface area contributed by atoms with Gasteiger partial charge in [0, 0.05) is 35.6 Å². The van der Waals surface area contributed by atoms with Gasteiger partial charge in [-0.05, 0) is 30.5 Å². The van der Waals surface area contributed by atoms with E-state index in [-0.39, 0.29) is 11.3 Å². The van der Waals surface area contributed by atoms with E-state index in [0.717, 1.165) is 36.9 Å². The zero-order valence-electron chi connectivity index (χ0n) is 13.2. The normalized spacial score (nSPS) is 17.0.